The van der Waals surface area contributed by atoms with Gasteiger partial charge in [0.15, 0.2) is 0 Å². The van der Waals surface area contributed by atoms with Crippen molar-refractivity contribution in [3.63, 3.8) is 0 Å². The van der Waals surface area contributed by atoms with Crippen LogP contribution in [0.3, 0.4) is 0 Å². The van der Waals surface area contributed by atoms with E-state index < -0.39 is 0 Å². The SMILES string of the molecule is Clc1ccc(Cl)c(N(CC2CO2)CC2CO2)c1. The number of halogens is 2. The van der Waals surface area contributed by atoms with E-state index in [-0.39, 0.29) is 0 Å². The lowest BCUT2D eigenvalue weighted by atomic mass is 10.2. The fourth-order valence-electron chi connectivity index (χ4n) is 1.84. The maximum Gasteiger partial charge on any atom is 0.0984 e. The van der Waals surface area contributed by atoms with Gasteiger partial charge in [-0.2, -0.15) is 0 Å². The predicted octanol–water partition coefficient (Wildman–Crippen LogP) is 2.60. The van der Waals surface area contributed by atoms with Crippen molar-refractivity contribution >= 4 is 28.9 Å². The third kappa shape index (κ3) is 3.05. The quantitative estimate of drug-likeness (QED) is 0.773. The Balaban J connectivity index is 1.80. The molecule has 3 nitrogen and oxygen atoms in total. The number of rotatable bonds is 5. The molecule has 1 aromatic carbocycles. The minimum Gasteiger partial charge on any atom is -0.371 e. The zero-order valence-electron chi connectivity index (χ0n) is 9.23. The molecule has 92 valence electrons. The van der Waals surface area contributed by atoms with Crippen LogP contribution in [0.5, 0.6) is 0 Å². The van der Waals surface area contributed by atoms with E-state index in [1.54, 1.807) is 6.07 Å². The van der Waals surface area contributed by atoms with E-state index in [9.17, 15) is 0 Å². The zero-order valence-corrected chi connectivity index (χ0v) is 10.7. The molecule has 2 aliphatic heterocycles. The number of ether oxygens (including phenoxy) is 2. The van der Waals surface area contributed by atoms with Crippen molar-refractivity contribution in [2.24, 2.45) is 0 Å². The lowest BCUT2D eigenvalue weighted by Gasteiger charge is -2.24. The van der Waals surface area contributed by atoms with Gasteiger partial charge >= 0.3 is 0 Å². The van der Waals surface area contributed by atoms with Gasteiger partial charge in [-0.1, -0.05) is 23.2 Å². The molecular weight excluding hydrogens is 261 g/mol. The first-order chi connectivity index (χ1) is 8.22. The lowest BCUT2D eigenvalue weighted by Crippen LogP contribution is -2.31. The molecule has 2 heterocycles. The van der Waals surface area contributed by atoms with Gasteiger partial charge in [-0.3, -0.25) is 0 Å². The molecule has 2 fully saturated rings. The first kappa shape index (κ1) is 11.6. The highest BCUT2D eigenvalue weighted by molar-refractivity contribution is 6.35. The molecule has 0 N–H and O–H groups in total. The number of hydrogen-bond donors (Lipinski definition) is 0. The molecule has 0 aliphatic carbocycles. The average molecular weight is 274 g/mol. The Morgan fingerprint density at radius 3 is 2.24 bits per heavy atom. The fraction of sp³-hybridized carbons (Fsp3) is 0.500. The normalized spacial score (nSPS) is 25.8. The van der Waals surface area contributed by atoms with E-state index in [0.29, 0.717) is 17.2 Å². The Hall–Kier alpha value is -0.480. The average Bonchev–Trinajstić information content (AvgIpc) is 3.15. The number of hydrogen-bond acceptors (Lipinski definition) is 3. The van der Waals surface area contributed by atoms with Gasteiger partial charge in [0.25, 0.3) is 0 Å². The van der Waals surface area contributed by atoms with Crippen molar-refractivity contribution in [2.45, 2.75) is 12.2 Å². The van der Waals surface area contributed by atoms with E-state index in [4.69, 9.17) is 32.7 Å². The van der Waals surface area contributed by atoms with Crippen LogP contribution in [0.1, 0.15) is 0 Å². The highest BCUT2D eigenvalue weighted by atomic mass is 35.5. The second-order valence-electron chi connectivity index (χ2n) is 4.41. The molecule has 0 aromatic heterocycles. The lowest BCUT2D eigenvalue weighted by molar-refractivity contribution is 0.389. The monoisotopic (exact) mass is 273 g/mol. The van der Waals surface area contributed by atoms with E-state index in [1.165, 1.54) is 0 Å². The Morgan fingerprint density at radius 2 is 1.71 bits per heavy atom. The summed E-state index contributed by atoms with van der Waals surface area (Å²) >= 11 is 12.2. The van der Waals surface area contributed by atoms with Gasteiger partial charge in [0.05, 0.1) is 36.1 Å². The summed E-state index contributed by atoms with van der Waals surface area (Å²) in [5, 5.41) is 1.42. The van der Waals surface area contributed by atoms with Crippen molar-refractivity contribution in [1.82, 2.24) is 0 Å². The highest BCUT2D eigenvalue weighted by Crippen LogP contribution is 2.31. The molecular formula is C12H13Cl2NO2. The zero-order chi connectivity index (χ0) is 11.8. The number of epoxide rings is 2. The Bertz CT molecular complexity index is 405. The molecule has 17 heavy (non-hydrogen) atoms. The largest absolute Gasteiger partial charge is 0.371 e. The fourth-order valence-corrected chi connectivity index (χ4v) is 2.24. The van der Waals surface area contributed by atoms with Crippen LogP contribution in [0.4, 0.5) is 5.69 Å². The van der Waals surface area contributed by atoms with E-state index >= 15 is 0 Å². The molecule has 2 saturated heterocycles. The first-order valence-electron chi connectivity index (χ1n) is 5.65. The Labute approximate surface area is 110 Å². The summed E-state index contributed by atoms with van der Waals surface area (Å²) in [6.45, 7) is 3.36. The molecule has 0 radical (unpaired) electrons. The third-order valence-electron chi connectivity index (χ3n) is 2.90. The number of anilines is 1. The molecule has 2 aliphatic rings. The van der Waals surface area contributed by atoms with Crippen LogP contribution >= 0.6 is 23.2 Å². The van der Waals surface area contributed by atoms with Gasteiger partial charge in [-0.05, 0) is 18.2 Å². The van der Waals surface area contributed by atoms with Crippen molar-refractivity contribution in [1.29, 1.82) is 0 Å². The van der Waals surface area contributed by atoms with Crippen LogP contribution in [-0.2, 0) is 9.47 Å². The molecule has 2 atom stereocenters. The van der Waals surface area contributed by atoms with E-state index in [2.05, 4.69) is 4.90 Å². The van der Waals surface area contributed by atoms with Crippen molar-refractivity contribution in [3.8, 4) is 0 Å². The smallest absolute Gasteiger partial charge is 0.0984 e. The van der Waals surface area contributed by atoms with Gasteiger partial charge in [0.1, 0.15) is 0 Å². The molecule has 0 saturated carbocycles. The number of nitrogens with zero attached hydrogens (tertiary/aromatic N) is 1. The van der Waals surface area contributed by atoms with Gasteiger partial charge < -0.3 is 14.4 Å². The second kappa shape index (κ2) is 4.65. The summed E-state index contributed by atoms with van der Waals surface area (Å²) in [6.07, 6.45) is 0.646. The van der Waals surface area contributed by atoms with Crippen molar-refractivity contribution in [2.75, 3.05) is 31.2 Å². The molecule has 5 heteroatoms. The van der Waals surface area contributed by atoms with Crippen LogP contribution in [0, 0.1) is 0 Å². The Kier molecular flexibility index (Phi) is 3.17. The van der Waals surface area contributed by atoms with E-state index in [1.807, 2.05) is 12.1 Å². The summed E-state index contributed by atoms with van der Waals surface area (Å²) in [4.78, 5) is 2.20. The number of benzene rings is 1. The van der Waals surface area contributed by atoms with Crippen LogP contribution in [0.25, 0.3) is 0 Å². The topological polar surface area (TPSA) is 28.3 Å². The van der Waals surface area contributed by atoms with Gasteiger partial charge in [-0.15, -0.1) is 0 Å². The summed E-state index contributed by atoms with van der Waals surface area (Å²) in [5.41, 5.74) is 0.963. The summed E-state index contributed by atoms with van der Waals surface area (Å²) in [5.74, 6) is 0. The highest BCUT2D eigenvalue weighted by Gasteiger charge is 2.31. The third-order valence-corrected chi connectivity index (χ3v) is 3.46. The van der Waals surface area contributed by atoms with Crippen LogP contribution in [-0.4, -0.2) is 38.5 Å². The molecule has 0 spiro atoms. The molecule has 1 aromatic rings. The first-order valence-corrected chi connectivity index (χ1v) is 6.41. The molecule has 2 unspecified atom stereocenters. The standard InChI is InChI=1S/C12H13Cl2NO2/c13-8-1-2-11(14)12(3-8)15(4-9-6-16-9)5-10-7-17-10/h1-3,9-10H,4-7H2. The summed E-state index contributed by atoms with van der Waals surface area (Å²) < 4.78 is 10.5. The maximum atomic E-state index is 6.22. The van der Waals surface area contributed by atoms with Crippen molar-refractivity contribution < 1.29 is 9.47 Å². The van der Waals surface area contributed by atoms with Crippen molar-refractivity contribution in [3.05, 3.63) is 28.2 Å². The molecule has 0 amide bonds. The second-order valence-corrected chi connectivity index (χ2v) is 5.26. The van der Waals surface area contributed by atoms with E-state index in [0.717, 1.165) is 37.0 Å². The summed E-state index contributed by atoms with van der Waals surface area (Å²) in [7, 11) is 0. The molecule has 3 rings (SSSR count). The van der Waals surface area contributed by atoms with Gasteiger partial charge in [0.2, 0.25) is 0 Å². The minimum atomic E-state index is 0.323. The predicted molar refractivity (Wildman–Crippen MR) is 68.2 cm³/mol. The van der Waals surface area contributed by atoms with Gasteiger partial charge in [0, 0.05) is 18.1 Å². The van der Waals surface area contributed by atoms with Crippen LogP contribution < -0.4 is 4.90 Å². The van der Waals surface area contributed by atoms with Gasteiger partial charge in [-0.25, -0.2) is 0 Å². The minimum absolute atomic E-state index is 0.323. The van der Waals surface area contributed by atoms with Crippen LogP contribution in [0.2, 0.25) is 10.0 Å². The maximum absolute atomic E-state index is 6.22. The molecule has 0 bridgehead atoms. The van der Waals surface area contributed by atoms with Crippen LogP contribution in [0.15, 0.2) is 18.2 Å². The summed E-state index contributed by atoms with van der Waals surface area (Å²) in [6, 6.07) is 5.52. The Morgan fingerprint density at radius 1 is 1.12 bits per heavy atom.